The van der Waals surface area contributed by atoms with Gasteiger partial charge in [0.25, 0.3) is 0 Å². The van der Waals surface area contributed by atoms with E-state index in [4.69, 9.17) is 0 Å². The predicted molar refractivity (Wildman–Crippen MR) is 165 cm³/mol. The van der Waals surface area contributed by atoms with Crippen LogP contribution >= 0.6 is 15.9 Å². The van der Waals surface area contributed by atoms with E-state index in [-0.39, 0.29) is 0 Å². The van der Waals surface area contributed by atoms with Crippen molar-refractivity contribution in [1.29, 1.82) is 0 Å². The smallest absolute Gasteiger partial charge is 0.0547 e. The van der Waals surface area contributed by atoms with Gasteiger partial charge in [-0.1, -0.05) is 137 Å². The number of aromatic nitrogens is 1. The van der Waals surface area contributed by atoms with Gasteiger partial charge in [-0.05, 0) is 52.1 Å². The molecule has 0 atom stereocenters. The van der Waals surface area contributed by atoms with E-state index in [0.29, 0.717) is 0 Å². The molecule has 0 saturated heterocycles. The average molecular weight is 550 g/mol. The van der Waals surface area contributed by atoms with Crippen molar-refractivity contribution in [3.05, 3.63) is 150 Å². The Labute approximate surface area is 230 Å². The standard InChI is InChI=1S/C36H24BrN/c37-33-17-9-7-15-29(33)28-20-22-32-31-16-8-10-18-34(31)38(36(32)24-28)35-23-27(25-11-3-1-4-12-25)19-21-30(35)26-13-5-2-6-14-26/h1-24H. The molecule has 0 aliphatic rings. The summed E-state index contributed by atoms with van der Waals surface area (Å²) in [7, 11) is 0. The van der Waals surface area contributed by atoms with E-state index >= 15 is 0 Å². The summed E-state index contributed by atoms with van der Waals surface area (Å²) in [4.78, 5) is 0. The number of para-hydroxylation sites is 1. The number of fused-ring (bicyclic) bond motifs is 3. The highest BCUT2D eigenvalue weighted by atomic mass is 79.9. The second-order valence-electron chi connectivity index (χ2n) is 9.53. The zero-order valence-corrected chi connectivity index (χ0v) is 22.3. The van der Waals surface area contributed by atoms with Gasteiger partial charge in [-0.15, -0.1) is 0 Å². The molecule has 0 saturated carbocycles. The molecule has 0 amide bonds. The van der Waals surface area contributed by atoms with Gasteiger partial charge in [0.2, 0.25) is 0 Å². The summed E-state index contributed by atoms with van der Waals surface area (Å²) >= 11 is 3.77. The first-order valence-corrected chi connectivity index (χ1v) is 13.6. The molecule has 0 spiro atoms. The van der Waals surface area contributed by atoms with Crippen LogP contribution in [0.5, 0.6) is 0 Å². The Bertz CT molecular complexity index is 1920. The zero-order chi connectivity index (χ0) is 25.5. The maximum Gasteiger partial charge on any atom is 0.0547 e. The molecule has 0 unspecified atom stereocenters. The second-order valence-corrected chi connectivity index (χ2v) is 10.4. The lowest BCUT2D eigenvalue weighted by atomic mass is 9.97. The summed E-state index contributed by atoms with van der Waals surface area (Å²) in [6, 6.07) is 52.2. The maximum absolute atomic E-state index is 3.77. The van der Waals surface area contributed by atoms with Crippen LogP contribution in [-0.2, 0) is 0 Å². The van der Waals surface area contributed by atoms with Crippen LogP contribution in [0.4, 0.5) is 0 Å². The Hall–Kier alpha value is -4.40. The molecule has 7 aromatic rings. The van der Waals surface area contributed by atoms with Gasteiger partial charge < -0.3 is 4.57 Å². The van der Waals surface area contributed by atoms with E-state index in [1.807, 2.05) is 0 Å². The van der Waals surface area contributed by atoms with E-state index in [1.54, 1.807) is 0 Å². The third kappa shape index (κ3) is 3.86. The van der Waals surface area contributed by atoms with E-state index < -0.39 is 0 Å². The van der Waals surface area contributed by atoms with Crippen LogP contribution in [0.3, 0.4) is 0 Å². The van der Waals surface area contributed by atoms with Crippen LogP contribution in [0, 0.1) is 0 Å². The quantitative estimate of drug-likeness (QED) is 0.205. The normalized spacial score (nSPS) is 11.3. The largest absolute Gasteiger partial charge is 0.309 e. The summed E-state index contributed by atoms with van der Waals surface area (Å²) < 4.78 is 3.54. The molecule has 1 heterocycles. The molecule has 7 rings (SSSR count). The molecule has 38 heavy (non-hydrogen) atoms. The average Bonchev–Trinajstić information content (AvgIpc) is 3.31. The van der Waals surface area contributed by atoms with Crippen LogP contribution in [0.25, 0.3) is 60.9 Å². The van der Waals surface area contributed by atoms with Crippen molar-refractivity contribution in [3.8, 4) is 39.1 Å². The lowest BCUT2D eigenvalue weighted by Gasteiger charge is -2.17. The van der Waals surface area contributed by atoms with Crippen molar-refractivity contribution in [2.24, 2.45) is 0 Å². The Balaban J connectivity index is 1.58. The molecular weight excluding hydrogens is 526 g/mol. The van der Waals surface area contributed by atoms with Crippen molar-refractivity contribution in [2.75, 3.05) is 0 Å². The highest BCUT2D eigenvalue weighted by molar-refractivity contribution is 9.10. The van der Waals surface area contributed by atoms with Gasteiger partial charge in [-0.3, -0.25) is 0 Å². The summed E-state index contributed by atoms with van der Waals surface area (Å²) in [6.07, 6.45) is 0. The number of rotatable bonds is 4. The number of hydrogen-bond acceptors (Lipinski definition) is 0. The molecule has 1 aromatic heterocycles. The highest BCUT2D eigenvalue weighted by Crippen LogP contribution is 2.40. The molecule has 0 aliphatic carbocycles. The third-order valence-electron chi connectivity index (χ3n) is 7.29. The first kappa shape index (κ1) is 22.8. The fourth-order valence-corrected chi connectivity index (χ4v) is 6.00. The van der Waals surface area contributed by atoms with E-state index in [1.165, 1.54) is 60.9 Å². The van der Waals surface area contributed by atoms with Crippen molar-refractivity contribution in [3.63, 3.8) is 0 Å². The molecule has 0 N–H and O–H groups in total. The molecule has 1 nitrogen and oxygen atoms in total. The summed E-state index contributed by atoms with van der Waals surface area (Å²) in [5, 5.41) is 2.51. The van der Waals surface area contributed by atoms with Crippen LogP contribution in [0.15, 0.2) is 150 Å². The minimum Gasteiger partial charge on any atom is -0.309 e. The summed E-state index contributed by atoms with van der Waals surface area (Å²) in [6.45, 7) is 0. The molecule has 0 fully saturated rings. The van der Waals surface area contributed by atoms with Gasteiger partial charge in [0.05, 0.1) is 16.7 Å². The number of benzene rings is 6. The van der Waals surface area contributed by atoms with Crippen LogP contribution in [0.1, 0.15) is 0 Å². The van der Waals surface area contributed by atoms with Crippen LogP contribution in [-0.4, -0.2) is 4.57 Å². The van der Waals surface area contributed by atoms with E-state index in [0.717, 1.165) is 4.47 Å². The molecule has 6 aromatic carbocycles. The molecule has 2 heteroatoms. The van der Waals surface area contributed by atoms with Crippen molar-refractivity contribution in [1.82, 2.24) is 4.57 Å². The number of halogens is 1. The van der Waals surface area contributed by atoms with Gasteiger partial charge >= 0.3 is 0 Å². The van der Waals surface area contributed by atoms with Crippen molar-refractivity contribution >= 4 is 37.7 Å². The molecule has 0 radical (unpaired) electrons. The van der Waals surface area contributed by atoms with E-state index in [9.17, 15) is 0 Å². The lowest BCUT2D eigenvalue weighted by molar-refractivity contribution is 1.18. The topological polar surface area (TPSA) is 4.93 Å². The van der Waals surface area contributed by atoms with Crippen LogP contribution in [0.2, 0.25) is 0 Å². The van der Waals surface area contributed by atoms with Gasteiger partial charge in [0.1, 0.15) is 0 Å². The second kappa shape index (κ2) is 9.48. The van der Waals surface area contributed by atoms with Gasteiger partial charge in [-0.25, -0.2) is 0 Å². The third-order valence-corrected chi connectivity index (χ3v) is 7.98. The predicted octanol–water partition coefficient (Wildman–Crippen LogP) is 10.5. The van der Waals surface area contributed by atoms with Gasteiger partial charge in [0.15, 0.2) is 0 Å². The zero-order valence-electron chi connectivity index (χ0n) is 20.7. The minimum atomic E-state index is 1.10. The molecular formula is C36H24BrN. The van der Waals surface area contributed by atoms with Gasteiger partial charge in [0, 0.05) is 20.8 Å². The maximum atomic E-state index is 3.77. The van der Waals surface area contributed by atoms with Crippen molar-refractivity contribution < 1.29 is 0 Å². The first-order valence-electron chi connectivity index (χ1n) is 12.8. The molecule has 180 valence electrons. The first-order chi connectivity index (χ1) is 18.8. The fourth-order valence-electron chi connectivity index (χ4n) is 5.48. The van der Waals surface area contributed by atoms with Crippen molar-refractivity contribution in [2.45, 2.75) is 0 Å². The van der Waals surface area contributed by atoms with Gasteiger partial charge in [-0.2, -0.15) is 0 Å². The van der Waals surface area contributed by atoms with Crippen LogP contribution < -0.4 is 0 Å². The molecule has 0 aliphatic heterocycles. The Kier molecular flexibility index (Phi) is 5.68. The lowest BCUT2D eigenvalue weighted by Crippen LogP contribution is -1.98. The van der Waals surface area contributed by atoms with E-state index in [2.05, 4.69) is 166 Å². The number of nitrogens with zero attached hydrogens (tertiary/aromatic N) is 1. The fraction of sp³-hybridized carbons (Fsp3) is 0. The Morgan fingerprint density at radius 2 is 1.03 bits per heavy atom. The highest BCUT2D eigenvalue weighted by Gasteiger charge is 2.17. The molecule has 0 bridgehead atoms. The summed E-state index contributed by atoms with van der Waals surface area (Å²) in [5.41, 5.74) is 10.8. The SMILES string of the molecule is Brc1ccccc1-c1ccc2c3ccccc3n(-c3cc(-c4ccccc4)ccc3-c3ccccc3)c2c1. The number of hydrogen-bond donors (Lipinski definition) is 0. The minimum absolute atomic E-state index is 1.10. The monoisotopic (exact) mass is 549 g/mol. The Morgan fingerprint density at radius 3 is 1.82 bits per heavy atom. The summed E-state index contributed by atoms with van der Waals surface area (Å²) in [5.74, 6) is 0. The Morgan fingerprint density at radius 1 is 0.395 bits per heavy atom.